The summed E-state index contributed by atoms with van der Waals surface area (Å²) in [4.78, 5) is 8.42. The van der Waals surface area contributed by atoms with Crippen LogP contribution in [-0.2, 0) is 6.54 Å². The van der Waals surface area contributed by atoms with E-state index >= 15 is 0 Å². The maximum absolute atomic E-state index is 4.35. The molecule has 0 bridgehead atoms. The first-order valence-electron chi connectivity index (χ1n) is 5.77. The lowest BCUT2D eigenvalue weighted by Gasteiger charge is -2.06. The van der Waals surface area contributed by atoms with Gasteiger partial charge in [-0.25, -0.2) is 9.97 Å². The summed E-state index contributed by atoms with van der Waals surface area (Å²) in [5.41, 5.74) is 3.05. The van der Waals surface area contributed by atoms with Crippen molar-refractivity contribution in [2.24, 2.45) is 0 Å². The summed E-state index contributed by atoms with van der Waals surface area (Å²) in [6.45, 7) is 2.57. The Morgan fingerprint density at radius 3 is 3.11 bits per heavy atom. The molecule has 0 saturated carbocycles. The second-order valence-corrected chi connectivity index (χ2v) is 4.12. The van der Waals surface area contributed by atoms with Crippen molar-refractivity contribution in [2.45, 2.75) is 13.5 Å². The molecule has 0 aliphatic carbocycles. The topological polar surface area (TPSA) is 66.5 Å². The number of aromatic nitrogens is 4. The van der Waals surface area contributed by atoms with Crippen LogP contribution in [0.2, 0.25) is 0 Å². The Hall–Kier alpha value is -2.43. The van der Waals surface area contributed by atoms with E-state index in [-0.39, 0.29) is 0 Å². The highest BCUT2D eigenvalue weighted by Crippen LogP contribution is 2.16. The van der Waals surface area contributed by atoms with Crippen molar-refractivity contribution in [2.75, 3.05) is 5.32 Å². The maximum Gasteiger partial charge on any atom is 0.125 e. The smallest absolute Gasteiger partial charge is 0.125 e. The molecule has 3 rings (SSSR count). The lowest BCUT2D eigenvalue weighted by molar-refractivity contribution is 0.955. The highest BCUT2D eigenvalue weighted by molar-refractivity contribution is 5.81. The fraction of sp³-hybridized carbons (Fsp3) is 0.154. The van der Waals surface area contributed by atoms with Crippen LogP contribution in [-0.4, -0.2) is 20.2 Å². The Morgan fingerprint density at radius 1 is 1.28 bits per heavy atom. The average molecular weight is 239 g/mol. The van der Waals surface area contributed by atoms with Crippen LogP contribution in [0.5, 0.6) is 0 Å². The van der Waals surface area contributed by atoms with Gasteiger partial charge in [0.15, 0.2) is 0 Å². The standard InChI is InChI=1S/C13H13N5/c1-9-14-5-4-12(17-9)8-15-11-3-2-10-7-16-18-13(10)6-11/h2-7,15H,8H2,1H3,(H,16,18). The van der Waals surface area contributed by atoms with Gasteiger partial charge in [-0.05, 0) is 31.2 Å². The molecule has 5 heteroatoms. The fourth-order valence-electron chi connectivity index (χ4n) is 1.84. The van der Waals surface area contributed by atoms with E-state index in [0.29, 0.717) is 6.54 Å². The van der Waals surface area contributed by atoms with Gasteiger partial charge in [0.25, 0.3) is 0 Å². The lowest BCUT2D eigenvalue weighted by Crippen LogP contribution is -2.03. The third kappa shape index (κ3) is 2.15. The molecule has 18 heavy (non-hydrogen) atoms. The first kappa shape index (κ1) is 10.7. The summed E-state index contributed by atoms with van der Waals surface area (Å²) in [7, 11) is 0. The predicted octanol–water partition coefficient (Wildman–Crippen LogP) is 2.27. The monoisotopic (exact) mass is 239 g/mol. The summed E-state index contributed by atoms with van der Waals surface area (Å²) < 4.78 is 0. The van der Waals surface area contributed by atoms with Crippen molar-refractivity contribution in [3.05, 3.63) is 48.2 Å². The minimum absolute atomic E-state index is 0.684. The van der Waals surface area contributed by atoms with Crippen LogP contribution in [0.3, 0.4) is 0 Å². The summed E-state index contributed by atoms with van der Waals surface area (Å²) in [6, 6.07) is 8.02. The van der Waals surface area contributed by atoms with Crippen LogP contribution in [0.25, 0.3) is 10.9 Å². The fourth-order valence-corrected chi connectivity index (χ4v) is 1.84. The van der Waals surface area contributed by atoms with Gasteiger partial charge in [0, 0.05) is 17.3 Å². The van der Waals surface area contributed by atoms with E-state index in [2.05, 4.69) is 25.5 Å². The SMILES string of the molecule is Cc1nccc(CNc2ccc3cn[nH]c3c2)n1. The Morgan fingerprint density at radius 2 is 2.22 bits per heavy atom. The van der Waals surface area contributed by atoms with Crippen molar-refractivity contribution in [3.63, 3.8) is 0 Å². The third-order valence-electron chi connectivity index (χ3n) is 2.75. The molecule has 3 aromatic rings. The predicted molar refractivity (Wildman–Crippen MR) is 70.2 cm³/mol. The highest BCUT2D eigenvalue weighted by Gasteiger charge is 1.99. The van der Waals surface area contributed by atoms with Crippen LogP contribution in [0, 0.1) is 6.92 Å². The van der Waals surface area contributed by atoms with Crippen molar-refractivity contribution in [3.8, 4) is 0 Å². The number of anilines is 1. The first-order chi connectivity index (χ1) is 8.81. The number of hydrogen-bond acceptors (Lipinski definition) is 4. The van der Waals surface area contributed by atoms with E-state index in [1.165, 1.54) is 0 Å². The maximum atomic E-state index is 4.35. The molecule has 2 heterocycles. The second-order valence-electron chi connectivity index (χ2n) is 4.12. The molecule has 0 spiro atoms. The van der Waals surface area contributed by atoms with Gasteiger partial charge in [-0.15, -0.1) is 0 Å². The summed E-state index contributed by atoms with van der Waals surface area (Å²) in [5, 5.41) is 11.4. The zero-order chi connectivity index (χ0) is 12.4. The molecule has 2 N–H and O–H groups in total. The number of H-pyrrole nitrogens is 1. The minimum Gasteiger partial charge on any atom is -0.379 e. The molecule has 0 fully saturated rings. The van der Waals surface area contributed by atoms with Crippen molar-refractivity contribution in [1.29, 1.82) is 0 Å². The van der Waals surface area contributed by atoms with Gasteiger partial charge < -0.3 is 5.32 Å². The van der Waals surface area contributed by atoms with E-state index in [1.54, 1.807) is 6.20 Å². The van der Waals surface area contributed by atoms with Crippen LogP contribution in [0.15, 0.2) is 36.7 Å². The Balaban J connectivity index is 1.76. The number of benzene rings is 1. The van der Waals surface area contributed by atoms with Gasteiger partial charge >= 0.3 is 0 Å². The molecule has 90 valence electrons. The molecule has 0 aliphatic heterocycles. The van der Waals surface area contributed by atoms with Gasteiger partial charge in [0.05, 0.1) is 24.0 Å². The number of fused-ring (bicyclic) bond motifs is 1. The molecular weight excluding hydrogens is 226 g/mol. The lowest BCUT2D eigenvalue weighted by atomic mass is 10.2. The second kappa shape index (κ2) is 4.44. The average Bonchev–Trinajstić information content (AvgIpc) is 2.84. The van der Waals surface area contributed by atoms with Crippen LogP contribution < -0.4 is 5.32 Å². The zero-order valence-corrected chi connectivity index (χ0v) is 10.0. The molecule has 0 atom stereocenters. The third-order valence-corrected chi connectivity index (χ3v) is 2.75. The van der Waals surface area contributed by atoms with Crippen LogP contribution >= 0.6 is 0 Å². The van der Waals surface area contributed by atoms with E-state index in [9.17, 15) is 0 Å². The summed E-state index contributed by atoms with van der Waals surface area (Å²) in [5.74, 6) is 0.790. The summed E-state index contributed by atoms with van der Waals surface area (Å²) in [6.07, 6.45) is 3.59. The van der Waals surface area contributed by atoms with E-state index in [4.69, 9.17) is 0 Å². The normalized spacial score (nSPS) is 10.7. The first-order valence-corrected chi connectivity index (χ1v) is 5.77. The Labute approximate surface area is 104 Å². The molecule has 0 unspecified atom stereocenters. The molecule has 0 radical (unpaired) electrons. The Kier molecular flexibility index (Phi) is 2.64. The number of nitrogens with zero attached hydrogens (tertiary/aromatic N) is 3. The highest BCUT2D eigenvalue weighted by atomic mass is 15.1. The van der Waals surface area contributed by atoms with E-state index in [1.807, 2.05) is 37.4 Å². The van der Waals surface area contributed by atoms with Crippen LogP contribution in [0.1, 0.15) is 11.5 Å². The molecular formula is C13H13N5. The zero-order valence-electron chi connectivity index (χ0n) is 10.0. The number of nitrogens with one attached hydrogen (secondary N) is 2. The van der Waals surface area contributed by atoms with E-state index in [0.717, 1.165) is 28.1 Å². The van der Waals surface area contributed by atoms with Gasteiger partial charge in [-0.1, -0.05) is 0 Å². The summed E-state index contributed by atoms with van der Waals surface area (Å²) >= 11 is 0. The van der Waals surface area contributed by atoms with Crippen molar-refractivity contribution in [1.82, 2.24) is 20.2 Å². The molecule has 0 aliphatic rings. The molecule has 0 saturated heterocycles. The quantitative estimate of drug-likeness (QED) is 0.735. The molecule has 1 aromatic carbocycles. The number of rotatable bonds is 3. The minimum atomic E-state index is 0.684. The van der Waals surface area contributed by atoms with Gasteiger partial charge in [0.1, 0.15) is 5.82 Å². The number of hydrogen-bond donors (Lipinski definition) is 2. The van der Waals surface area contributed by atoms with E-state index < -0.39 is 0 Å². The molecule has 2 aromatic heterocycles. The van der Waals surface area contributed by atoms with Crippen molar-refractivity contribution < 1.29 is 0 Å². The molecule has 0 amide bonds. The number of aromatic amines is 1. The van der Waals surface area contributed by atoms with Gasteiger partial charge in [0.2, 0.25) is 0 Å². The van der Waals surface area contributed by atoms with Gasteiger partial charge in [-0.3, -0.25) is 5.10 Å². The molecule has 5 nitrogen and oxygen atoms in total. The number of aryl methyl sites for hydroxylation is 1. The van der Waals surface area contributed by atoms with Gasteiger partial charge in [-0.2, -0.15) is 5.10 Å². The largest absolute Gasteiger partial charge is 0.379 e. The van der Waals surface area contributed by atoms with Crippen LogP contribution in [0.4, 0.5) is 5.69 Å². The van der Waals surface area contributed by atoms with Crippen molar-refractivity contribution >= 4 is 16.6 Å². The Bertz CT molecular complexity index is 674.